The van der Waals surface area contributed by atoms with Crippen LogP contribution >= 0.6 is 0 Å². The minimum absolute atomic E-state index is 0.0392. The molecule has 0 bridgehead atoms. The van der Waals surface area contributed by atoms with Crippen molar-refractivity contribution in [3.63, 3.8) is 0 Å². The first-order valence-electron chi connectivity index (χ1n) is 9.19. The summed E-state index contributed by atoms with van der Waals surface area (Å²) < 4.78 is 5.40. The van der Waals surface area contributed by atoms with E-state index in [2.05, 4.69) is 26.1 Å². The van der Waals surface area contributed by atoms with Crippen LogP contribution in [0, 0.1) is 18.3 Å². The summed E-state index contributed by atoms with van der Waals surface area (Å²) >= 11 is 0. The number of carbonyl (C=O) groups excluding carboxylic acids is 2. The van der Waals surface area contributed by atoms with Gasteiger partial charge in [-0.1, -0.05) is 26.8 Å². The van der Waals surface area contributed by atoms with Gasteiger partial charge in [-0.15, -0.1) is 0 Å². The van der Waals surface area contributed by atoms with E-state index in [0.717, 1.165) is 17.7 Å². The molecule has 144 valence electrons. The third-order valence-electron chi connectivity index (χ3n) is 4.55. The summed E-state index contributed by atoms with van der Waals surface area (Å²) in [6, 6.07) is 5.74. The van der Waals surface area contributed by atoms with Crippen molar-refractivity contribution in [2.75, 3.05) is 18.6 Å². The summed E-state index contributed by atoms with van der Waals surface area (Å²) in [6.07, 6.45) is 1.09. The number of rotatable bonds is 5. The highest BCUT2D eigenvalue weighted by atomic mass is 16.5. The lowest BCUT2D eigenvalue weighted by Crippen LogP contribution is -2.48. The summed E-state index contributed by atoms with van der Waals surface area (Å²) in [7, 11) is 1.59. The first kappa shape index (κ1) is 20.3. The van der Waals surface area contributed by atoms with E-state index in [1.165, 1.54) is 0 Å². The normalized spacial score (nSPS) is 18.2. The van der Waals surface area contributed by atoms with Gasteiger partial charge in [0.1, 0.15) is 5.75 Å². The zero-order valence-corrected chi connectivity index (χ0v) is 17.1. The van der Waals surface area contributed by atoms with Crippen LogP contribution in [0.2, 0.25) is 0 Å². The maximum atomic E-state index is 12.8. The molecular formula is C21H32N2O3. The Morgan fingerprint density at radius 2 is 1.92 bits per heavy atom. The van der Waals surface area contributed by atoms with Crippen LogP contribution in [0.1, 0.15) is 53.0 Å². The number of carbonyl (C=O) groups is 2. The third-order valence-corrected chi connectivity index (χ3v) is 4.55. The summed E-state index contributed by atoms with van der Waals surface area (Å²) in [5.41, 5.74) is 1.59. The number of nitrogens with zero attached hydrogens (tertiary/aromatic N) is 1. The molecule has 1 fully saturated rings. The number of nitrogens with one attached hydrogen (secondary N) is 1. The monoisotopic (exact) mass is 360 g/mol. The lowest BCUT2D eigenvalue weighted by molar-refractivity contribution is -0.128. The van der Waals surface area contributed by atoms with E-state index in [1.807, 2.05) is 39.0 Å². The van der Waals surface area contributed by atoms with E-state index in [0.29, 0.717) is 12.3 Å². The quantitative estimate of drug-likeness (QED) is 0.871. The van der Waals surface area contributed by atoms with Crippen molar-refractivity contribution in [1.82, 2.24) is 5.32 Å². The van der Waals surface area contributed by atoms with Crippen LogP contribution in [-0.2, 0) is 9.59 Å². The average Bonchev–Trinajstić information content (AvgIpc) is 2.86. The fourth-order valence-electron chi connectivity index (χ4n) is 3.93. The Morgan fingerprint density at radius 3 is 2.50 bits per heavy atom. The van der Waals surface area contributed by atoms with Gasteiger partial charge in [-0.25, -0.2) is 0 Å². The molecule has 1 aromatic rings. The highest BCUT2D eigenvalue weighted by Gasteiger charge is 2.38. The maximum absolute atomic E-state index is 12.8. The van der Waals surface area contributed by atoms with E-state index in [1.54, 1.807) is 12.0 Å². The fraction of sp³-hybridized carbons (Fsp3) is 0.619. The van der Waals surface area contributed by atoms with Crippen molar-refractivity contribution in [2.24, 2.45) is 11.3 Å². The van der Waals surface area contributed by atoms with Crippen LogP contribution in [0.15, 0.2) is 18.2 Å². The summed E-state index contributed by atoms with van der Waals surface area (Å²) in [5, 5.41) is 3.14. The molecule has 0 spiro atoms. The molecule has 0 aromatic heterocycles. The van der Waals surface area contributed by atoms with Crippen molar-refractivity contribution in [3.8, 4) is 5.75 Å². The van der Waals surface area contributed by atoms with Gasteiger partial charge in [0, 0.05) is 18.5 Å². The first-order valence-corrected chi connectivity index (χ1v) is 9.19. The van der Waals surface area contributed by atoms with Crippen LogP contribution in [-0.4, -0.2) is 31.0 Å². The minimum Gasteiger partial charge on any atom is -0.495 e. The highest BCUT2D eigenvalue weighted by molar-refractivity contribution is 6.01. The number of ether oxygens (including phenoxy) is 1. The van der Waals surface area contributed by atoms with E-state index in [4.69, 9.17) is 4.74 Å². The number of aryl methyl sites for hydroxylation is 1. The molecular weight excluding hydrogens is 328 g/mol. The van der Waals surface area contributed by atoms with Crippen molar-refractivity contribution in [3.05, 3.63) is 23.8 Å². The average molecular weight is 360 g/mol. The molecule has 1 aliphatic heterocycles. The van der Waals surface area contributed by atoms with Crippen molar-refractivity contribution < 1.29 is 14.3 Å². The van der Waals surface area contributed by atoms with E-state index < -0.39 is 0 Å². The molecule has 26 heavy (non-hydrogen) atoms. The Hall–Kier alpha value is -2.04. The second kappa shape index (κ2) is 7.29. The van der Waals surface area contributed by atoms with Gasteiger partial charge in [-0.05, 0) is 50.3 Å². The molecule has 5 heteroatoms. The van der Waals surface area contributed by atoms with E-state index in [9.17, 15) is 9.59 Å². The number of amides is 2. The van der Waals surface area contributed by atoms with Gasteiger partial charge in [-0.3, -0.25) is 9.59 Å². The molecule has 0 saturated carbocycles. The van der Waals surface area contributed by atoms with Crippen molar-refractivity contribution in [1.29, 1.82) is 0 Å². The van der Waals surface area contributed by atoms with Gasteiger partial charge in [0.05, 0.1) is 18.7 Å². The third kappa shape index (κ3) is 4.99. The molecule has 1 saturated heterocycles. The molecule has 1 atom stereocenters. The largest absolute Gasteiger partial charge is 0.495 e. The second-order valence-corrected chi connectivity index (χ2v) is 9.19. The number of hydrogen-bond acceptors (Lipinski definition) is 3. The zero-order chi connectivity index (χ0) is 19.7. The molecule has 1 unspecified atom stereocenters. The van der Waals surface area contributed by atoms with Crippen LogP contribution in [0.5, 0.6) is 5.75 Å². The Kier molecular flexibility index (Phi) is 5.69. The minimum atomic E-state index is -0.341. The number of hydrogen-bond donors (Lipinski definition) is 1. The second-order valence-electron chi connectivity index (χ2n) is 9.19. The summed E-state index contributed by atoms with van der Waals surface area (Å²) in [5.74, 6) is 0.217. The number of benzene rings is 1. The van der Waals surface area contributed by atoms with Crippen LogP contribution in [0.3, 0.4) is 0 Å². The predicted molar refractivity (Wildman–Crippen MR) is 104 cm³/mol. The molecule has 1 N–H and O–H groups in total. The molecule has 5 nitrogen and oxygen atoms in total. The topological polar surface area (TPSA) is 58.6 Å². The standard InChI is InChI=1S/C21H32N2O3/c1-14-8-9-17(26-7)16(10-14)23-12-15(11-18(23)24)19(25)22-21(5,6)13-20(2,3)4/h8-10,15H,11-13H2,1-7H3,(H,22,25). The molecule has 0 aliphatic carbocycles. The molecule has 2 rings (SSSR count). The fourth-order valence-corrected chi connectivity index (χ4v) is 3.93. The smallest absolute Gasteiger partial charge is 0.227 e. The Bertz CT molecular complexity index is 689. The molecule has 1 heterocycles. The van der Waals surface area contributed by atoms with Crippen LogP contribution in [0.25, 0.3) is 0 Å². The van der Waals surface area contributed by atoms with Gasteiger partial charge in [0.25, 0.3) is 0 Å². The van der Waals surface area contributed by atoms with Gasteiger partial charge in [-0.2, -0.15) is 0 Å². The van der Waals surface area contributed by atoms with E-state index >= 15 is 0 Å². The van der Waals surface area contributed by atoms with Gasteiger partial charge >= 0.3 is 0 Å². The Morgan fingerprint density at radius 1 is 1.27 bits per heavy atom. The molecule has 0 radical (unpaired) electrons. The van der Waals surface area contributed by atoms with Gasteiger partial charge in [0.15, 0.2) is 0 Å². The first-order chi connectivity index (χ1) is 11.9. The zero-order valence-electron chi connectivity index (χ0n) is 17.1. The van der Waals surface area contributed by atoms with Crippen molar-refractivity contribution >= 4 is 17.5 Å². The number of methoxy groups -OCH3 is 1. The molecule has 1 aliphatic rings. The lowest BCUT2D eigenvalue weighted by atomic mass is 9.81. The summed E-state index contributed by atoms with van der Waals surface area (Å²) in [4.78, 5) is 27.0. The number of anilines is 1. The predicted octanol–water partition coefficient (Wildman–Crippen LogP) is 3.69. The van der Waals surface area contributed by atoms with Crippen LogP contribution in [0.4, 0.5) is 5.69 Å². The van der Waals surface area contributed by atoms with E-state index in [-0.39, 0.29) is 35.1 Å². The highest BCUT2D eigenvalue weighted by Crippen LogP contribution is 2.34. The Balaban J connectivity index is 2.12. The maximum Gasteiger partial charge on any atom is 0.227 e. The molecule has 1 aromatic carbocycles. The van der Waals surface area contributed by atoms with Gasteiger partial charge in [0.2, 0.25) is 11.8 Å². The van der Waals surface area contributed by atoms with Gasteiger partial charge < -0.3 is 15.0 Å². The molecule has 2 amide bonds. The SMILES string of the molecule is COc1ccc(C)cc1N1CC(C(=O)NC(C)(C)CC(C)(C)C)CC1=O. The Labute approximate surface area is 157 Å². The van der Waals surface area contributed by atoms with Crippen molar-refractivity contribution in [2.45, 2.75) is 59.9 Å². The summed E-state index contributed by atoms with van der Waals surface area (Å²) in [6.45, 7) is 12.9. The van der Waals surface area contributed by atoms with Crippen LogP contribution < -0.4 is 15.0 Å². The lowest BCUT2D eigenvalue weighted by Gasteiger charge is -2.34.